The van der Waals surface area contributed by atoms with Crippen LogP contribution in [-0.2, 0) is 4.79 Å². The molecular weight excluding hydrogens is 202 g/mol. The maximum atomic E-state index is 10.8. The van der Waals surface area contributed by atoms with Gasteiger partial charge in [0.15, 0.2) is 0 Å². The molecule has 1 aliphatic rings. The van der Waals surface area contributed by atoms with Crippen LogP contribution in [0, 0.1) is 0 Å². The van der Waals surface area contributed by atoms with Crippen molar-refractivity contribution in [1.82, 2.24) is 4.98 Å². The average Bonchev–Trinajstić information content (AvgIpc) is 2.27. The second-order valence-corrected chi connectivity index (χ2v) is 4.04. The lowest BCUT2D eigenvalue weighted by atomic mass is 9.94. The lowest BCUT2D eigenvalue weighted by Gasteiger charge is -2.25. The van der Waals surface area contributed by atoms with E-state index in [2.05, 4.69) is 4.98 Å². The van der Waals surface area contributed by atoms with Crippen LogP contribution in [0.25, 0.3) is 10.9 Å². The van der Waals surface area contributed by atoms with Gasteiger partial charge >= 0.3 is 0 Å². The molecule has 0 amide bonds. The zero-order chi connectivity index (χ0) is 11.0. The minimum atomic E-state index is 0.0636. The Kier molecular flexibility index (Phi) is 2.10. The van der Waals surface area contributed by atoms with E-state index in [9.17, 15) is 4.79 Å². The minimum Gasteiger partial charge on any atom is -0.489 e. The van der Waals surface area contributed by atoms with Crippen LogP contribution in [0.3, 0.4) is 0 Å². The first-order valence-electron chi connectivity index (χ1n) is 5.34. The SMILES string of the molecule is O=C1CC(Oc2ccc3cccnc3c2)C1. The van der Waals surface area contributed by atoms with Gasteiger partial charge in [0.2, 0.25) is 0 Å². The van der Waals surface area contributed by atoms with E-state index < -0.39 is 0 Å². The Bertz CT molecular complexity index is 542. The molecule has 3 nitrogen and oxygen atoms in total. The predicted octanol–water partition coefficient (Wildman–Crippen LogP) is 2.35. The second kappa shape index (κ2) is 3.59. The zero-order valence-electron chi connectivity index (χ0n) is 8.72. The van der Waals surface area contributed by atoms with Gasteiger partial charge in [0.1, 0.15) is 17.6 Å². The number of hydrogen-bond acceptors (Lipinski definition) is 3. The third-order valence-corrected chi connectivity index (χ3v) is 2.79. The van der Waals surface area contributed by atoms with E-state index in [0.29, 0.717) is 12.8 Å². The lowest BCUT2D eigenvalue weighted by Crippen LogP contribution is -2.33. The fourth-order valence-electron chi connectivity index (χ4n) is 1.84. The monoisotopic (exact) mass is 213 g/mol. The van der Waals surface area contributed by atoms with Crippen LogP contribution < -0.4 is 4.74 Å². The Morgan fingerprint density at radius 2 is 2.12 bits per heavy atom. The van der Waals surface area contributed by atoms with E-state index in [1.807, 2.05) is 30.3 Å². The van der Waals surface area contributed by atoms with Gasteiger partial charge in [0.25, 0.3) is 0 Å². The summed E-state index contributed by atoms with van der Waals surface area (Å²) >= 11 is 0. The summed E-state index contributed by atoms with van der Waals surface area (Å²) in [5.74, 6) is 1.08. The molecule has 0 atom stereocenters. The highest BCUT2D eigenvalue weighted by Crippen LogP contribution is 2.24. The smallest absolute Gasteiger partial charge is 0.140 e. The summed E-state index contributed by atoms with van der Waals surface area (Å²) in [7, 11) is 0. The maximum Gasteiger partial charge on any atom is 0.140 e. The molecule has 3 heteroatoms. The van der Waals surface area contributed by atoms with Crippen LogP contribution in [0.2, 0.25) is 0 Å². The number of carbonyl (C=O) groups excluding carboxylic acids is 1. The van der Waals surface area contributed by atoms with Gasteiger partial charge in [-0.25, -0.2) is 0 Å². The molecule has 1 heterocycles. The lowest BCUT2D eigenvalue weighted by molar-refractivity contribution is -0.129. The van der Waals surface area contributed by atoms with Crippen LogP contribution >= 0.6 is 0 Å². The third-order valence-electron chi connectivity index (χ3n) is 2.79. The van der Waals surface area contributed by atoms with Gasteiger partial charge in [-0.05, 0) is 18.2 Å². The fourth-order valence-corrected chi connectivity index (χ4v) is 1.84. The van der Waals surface area contributed by atoms with Crippen molar-refractivity contribution in [3.8, 4) is 5.75 Å². The summed E-state index contributed by atoms with van der Waals surface area (Å²) in [5, 5.41) is 1.10. The number of hydrogen-bond donors (Lipinski definition) is 0. The van der Waals surface area contributed by atoms with E-state index in [0.717, 1.165) is 16.7 Å². The number of rotatable bonds is 2. The van der Waals surface area contributed by atoms with E-state index in [4.69, 9.17) is 4.74 Å². The molecule has 80 valence electrons. The van der Waals surface area contributed by atoms with Crippen molar-refractivity contribution in [3.05, 3.63) is 36.5 Å². The number of fused-ring (bicyclic) bond motifs is 1. The number of ketones is 1. The molecule has 0 bridgehead atoms. The van der Waals surface area contributed by atoms with Gasteiger partial charge in [0, 0.05) is 30.5 Å². The summed E-state index contributed by atoms with van der Waals surface area (Å²) in [6.45, 7) is 0. The Morgan fingerprint density at radius 3 is 2.94 bits per heavy atom. The molecule has 0 saturated heterocycles. The van der Waals surface area contributed by atoms with Crippen molar-refractivity contribution in [3.63, 3.8) is 0 Å². The van der Waals surface area contributed by atoms with Crippen LogP contribution in [0.4, 0.5) is 0 Å². The van der Waals surface area contributed by atoms with E-state index in [1.165, 1.54) is 0 Å². The molecule has 0 spiro atoms. The van der Waals surface area contributed by atoms with Gasteiger partial charge in [-0.3, -0.25) is 9.78 Å². The molecule has 0 radical (unpaired) electrons. The normalized spacial score (nSPS) is 16.1. The summed E-state index contributed by atoms with van der Waals surface area (Å²) in [4.78, 5) is 15.1. The Balaban J connectivity index is 1.85. The molecular formula is C13H11NO2. The Labute approximate surface area is 93.1 Å². The minimum absolute atomic E-state index is 0.0636. The molecule has 1 aromatic heterocycles. The molecule has 2 aromatic rings. The largest absolute Gasteiger partial charge is 0.489 e. The standard InChI is InChI=1S/C13H11NO2/c15-10-6-12(7-10)16-11-4-3-9-2-1-5-14-13(9)8-11/h1-5,8,12H,6-7H2. The average molecular weight is 213 g/mol. The van der Waals surface area contributed by atoms with Gasteiger partial charge < -0.3 is 4.74 Å². The van der Waals surface area contributed by atoms with Gasteiger partial charge in [-0.15, -0.1) is 0 Å². The molecule has 0 N–H and O–H groups in total. The van der Waals surface area contributed by atoms with Crippen molar-refractivity contribution in [2.24, 2.45) is 0 Å². The highest BCUT2D eigenvalue weighted by atomic mass is 16.5. The molecule has 1 aromatic carbocycles. The number of benzene rings is 1. The first-order valence-corrected chi connectivity index (χ1v) is 5.34. The van der Waals surface area contributed by atoms with Crippen LogP contribution in [-0.4, -0.2) is 16.9 Å². The second-order valence-electron chi connectivity index (χ2n) is 4.04. The van der Waals surface area contributed by atoms with Gasteiger partial charge in [-0.1, -0.05) is 6.07 Å². The summed E-state index contributed by atoms with van der Waals surface area (Å²) < 4.78 is 5.67. The fraction of sp³-hybridized carbons (Fsp3) is 0.231. The van der Waals surface area contributed by atoms with E-state index >= 15 is 0 Å². The number of carbonyl (C=O) groups is 1. The number of aromatic nitrogens is 1. The highest BCUT2D eigenvalue weighted by molar-refractivity contribution is 5.85. The maximum absolute atomic E-state index is 10.8. The predicted molar refractivity (Wildman–Crippen MR) is 60.4 cm³/mol. The number of nitrogens with zero attached hydrogens (tertiary/aromatic N) is 1. The number of pyridine rings is 1. The van der Waals surface area contributed by atoms with Crippen molar-refractivity contribution >= 4 is 16.7 Å². The molecule has 0 unspecified atom stereocenters. The molecule has 16 heavy (non-hydrogen) atoms. The molecule has 0 aliphatic heterocycles. The third kappa shape index (κ3) is 1.65. The number of Topliss-reactive ketones (excluding diaryl/α,β-unsaturated/α-hetero) is 1. The first kappa shape index (κ1) is 9.33. The van der Waals surface area contributed by atoms with Crippen LogP contribution in [0.1, 0.15) is 12.8 Å². The molecule has 1 aliphatic carbocycles. The van der Waals surface area contributed by atoms with Crippen molar-refractivity contribution in [2.45, 2.75) is 18.9 Å². The van der Waals surface area contributed by atoms with Crippen LogP contribution in [0.15, 0.2) is 36.5 Å². The quantitative estimate of drug-likeness (QED) is 0.768. The van der Waals surface area contributed by atoms with Gasteiger partial charge in [-0.2, -0.15) is 0 Å². The first-order chi connectivity index (χ1) is 7.81. The van der Waals surface area contributed by atoms with Crippen LogP contribution in [0.5, 0.6) is 5.75 Å². The van der Waals surface area contributed by atoms with Crippen molar-refractivity contribution < 1.29 is 9.53 Å². The zero-order valence-corrected chi connectivity index (χ0v) is 8.72. The highest BCUT2D eigenvalue weighted by Gasteiger charge is 2.28. The Morgan fingerprint density at radius 1 is 1.25 bits per heavy atom. The van der Waals surface area contributed by atoms with Crippen molar-refractivity contribution in [1.29, 1.82) is 0 Å². The summed E-state index contributed by atoms with van der Waals surface area (Å²) in [5.41, 5.74) is 0.922. The van der Waals surface area contributed by atoms with E-state index in [-0.39, 0.29) is 11.9 Å². The van der Waals surface area contributed by atoms with Gasteiger partial charge in [0.05, 0.1) is 5.52 Å². The molecule has 3 rings (SSSR count). The molecule has 1 fully saturated rings. The van der Waals surface area contributed by atoms with E-state index in [1.54, 1.807) is 6.20 Å². The Hall–Kier alpha value is -1.90. The summed E-state index contributed by atoms with van der Waals surface area (Å²) in [6.07, 6.45) is 2.91. The molecule has 1 saturated carbocycles. The van der Waals surface area contributed by atoms with Crippen molar-refractivity contribution in [2.75, 3.05) is 0 Å². The topological polar surface area (TPSA) is 39.2 Å². The summed E-state index contributed by atoms with van der Waals surface area (Å²) in [6, 6.07) is 9.75. The number of ether oxygens (including phenoxy) is 1.